The molecular formula is C20H25N3O4. The molecule has 7 nitrogen and oxygen atoms in total. The number of ether oxygens (including phenoxy) is 2. The highest BCUT2D eigenvalue weighted by atomic mass is 16.5. The highest BCUT2D eigenvalue weighted by Crippen LogP contribution is 2.30. The van der Waals surface area contributed by atoms with Crippen molar-refractivity contribution in [2.24, 2.45) is 0 Å². The average molecular weight is 371 g/mol. The van der Waals surface area contributed by atoms with Gasteiger partial charge in [0, 0.05) is 37.2 Å². The number of amides is 2. The first kappa shape index (κ1) is 20.1. The van der Waals surface area contributed by atoms with Gasteiger partial charge in [0.15, 0.2) is 11.5 Å². The molecule has 2 aromatic carbocycles. The van der Waals surface area contributed by atoms with Crippen molar-refractivity contribution in [2.75, 3.05) is 42.8 Å². The second-order valence-corrected chi connectivity index (χ2v) is 5.88. The summed E-state index contributed by atoms with van der Waals surface area (Å²) in [6.07, 6.45) is 0. The van der Waals surface area contributed by atoms with Crippen molar-refractivity contribution < 1.29 is 19.1 Å². The van der Waals surface area contributed by atoms with Gasteiger partial charge in [0.05, 0.1) is 13.2 Å². The maximum atomic E-state index is 12.2. The van der Waals surface area contributed by atoms with Gasteiger partial charge in [-0.3, -0.25) is 9.59 Å². The molecule has 2 rings (SSSR count). The van der Waals surface area contributed by atoms with Gasteiger partial charge < -0.3 is 25.0 Å². The van der Waals surface area contributed by atoms with E-state index < -0.39 is 11.8 Å². The highest BCUT2D eigenvalue weighted by molar-refractivity contribution is 6.43. The molecule has 0 bridgehead atoms. The van der Waals surface area contributed by atoms with Crippen molar-refractivity contribution in [1.82, 2.24) is 0 Å². The minimum atomic E-state index is -0.767. The number of anilines is 3. The number of hydrogen-bond acceptors (Lipinski definition) is 5. The molecule has 0 spiro atoms. The standard InChI is InChI=1S/C20H25N3O4/c1-5-26-17-11-10-15(13-18(17)27-6-2)22-20(25)19(24)21-14-8-7-9-16(12-14)23(3)4/h7-13H,5-6H2,1-4H3,(H,21,24)(H,22,25). The number of rotatable bonds is 7. The van der Waals surface area contributed by atoms with Crippen LogP contribution >= 0.6 is 0 Å². The fraction of sp³-hybridized carbons (Fsp3) is 0.300. The van der Waals surface area contributed by atoms with Crippen molar-refractivity contribution in [1.29, 1.82) is 0 Å². The second-order valence-electron chi connectivity index (χ2n) is 5.88. The monoisotopic (exact) mass is 371 g/mol. The van der Waals surface area contributed by atoms with E-state index in [1.807, 2.05) is 45.0 Å². The first-order valence-electron chi connectivity index (χ1n) is 8.74. The Bertz CT molecular complexity index is 806. The zero-order valence-electron chi connectivity index (χ0n) is 16.0. The predicted octanol–water partition coefficient (Wildman–Crippen LogP) is 3.13. The van der Waals surface area contributed by atoms with Crippen LogP contribution in [-0.4, -0.2) is 39.1 Å². The van der Waals surface area contributed by atoms with Crippen molar-refractivity contribution in [3.05, 3.63) is 42.5 Å². The van der Waals surface area contributed by atoms with Crippen LogP contribution in [0.4, 0.5) is 17.1 Å². The topological polar surface area (TPSA) is 79.9 Å². The SMILES string of the molecule is CCOc1ccc(NC(=O)C(=O)Nc2cccc(N(C)C)c2)cc1OCC. The quantitative estimate of drug-likeness (QED) is 0.731. The molecule has 0 saturated heterocycles. The van der Waals surface area contributed by atoms with Crippen molar-refractivity contribution in [3.63, 3.8) is 0 Å². The Balaban J connectivity index is 2.06. The summed E-state index contributed by atoms with van der Waals surface area (Å²) in [6, 6.07) is 12.2. The van der Waals surface area contributed by atoms with Gasteiger partial charge in [0.25, 0.3) is 0 Å². The van der Waals surface area contributed by atoms with Gasteiger partial charge in [-0.25, -0.2) is 0 Å². The molecule has 0 heterocycles. The van der Waals surface area contributed by atoms with Crippen LogP contribution in [0.15, 0.2) is 42.5 Å². The number of nitrogens with zero attached hydrogens (tertiary/aromatic N) is 1. The third-order valence-corrected chi connectivity index (χ3v) is 3.63. The van der Waals surface area contributed by atoms with E-state index in [2.05, 4.69) is 10.6 Å². The van der Waals surface area contributed by atoms with Gasteiger partial charge in [0.2, 0.25) is 0 Å². The van der Waals surface area contributed by atoms with Gasteiger partial charge in [-0.05, 0) is 44.2 Å². The molecule has 27 heavy (non-hydrogen) atoms. The summed E-state index contributed by atoms with van der Waals surface area (Å²) in [6.45, 7) is 4.69. The third kappa shape index (κ3) is 5.64. The Kier molecular flexibility index (Phi) is 7.05. The first-order valence-corrected chi connectivity index (χ1v) is 8.74. The summed E-state index contributed by atoms with van der Waals surface area (Å²) in [7, 11) is 3.80. The number of benzene rings is 2. The number of hydrogen-bond donors (Lipinski definition) is 2. The molecule has 7 heteroatoms. The zero-order chi connectivity index (χ0) is 19.8. The molecule has 0 aliphatic rings. The molecule has 0 saturated carbocycles. The predicted molar refractivity (Wildman–Crippen MR) is 107 cm³/mol. The molecule has 144 valence electrons. The molecule has 2 N–H and O–H groups in total. The molecule has 2 aromatic rings. The van der Waals surface area contributed by atoms with E-state index in [9.17, 15) is 9.59 Å². The summed E-state index contributed by atoms with van der Waals surface area (Å²) in [4.78, 5) is 26.3. The van der Waals surface area contributed by atoms with E-state index in [-0.39, 0.29) is 0 Å². The smallest absolute Gasteiger partial charge is 0.314 e. The molecule has 0 fully saturated rings. The van der Waals surface area contributed by atoms with E-state index in [0.717, 1.165) is 5.69 Å². The van der Waals surface area contributed by atoms with Crippen LogP contribution in [0.25, 0.3) is 0 Å². The Morgan fingerprint density at radius 2 is 1.44 bits per heavy atom. The summed E-state index contributed by atoms with van der Waals surface area (Å²) < 4.78 is 11.0. The van der Waals surface area contributed by atoms with E-state index >= 15 is 0 Å². The van der Waals surface area contributed by atoms with Gasteiger partial charge in [-0.2, -0.15) is 0 Å². The minimum Gasteiger partial charge on any atom is -0.490 e. The second kappa shape index (κ2) is 9.47. The molecule has 0 aromatic heterocycles. The lowest BCUT2D eigenvalue weighted by molar-refractivity contribution is -0.132. The summed E-state index contributed by atoms with van der Waals surface area (Å²) in [5, 5.41) is 5.17. The Labute approximate surface area is 159 Å². The van der Waals surface area contributed by atoms with Crippen molar-refractivity contribution in [2.45, 2.75) is 13.8 Å². The van der Waals surface area contributed by atoms with Crippen molar-refractivity contribution >= 4 is 28.9 Å². The fourth-order valence-electron chi connectivity index (χ4n) is 2.37. The Hall–Kier alpha value is -3.22. The van der Waals surface area contributed by atoms with Gasteiger partial charge in [0.1, 0.15) is 0 Å². The Morgan fingerprint density at radius 1 is 0.852 bits per heavy atom. The van der Waals surface area contributed by atoms with Gasteiger partial charge >= 0.3 is 11.8 Å². The van der Waals surface area contributed by atoms with Crippen LogP contribution in [0, 0.1) is 0 Å². The van der Waals surface area contributed by atoms with E-state index in [4.69, 9.17) is 9.47 Å². The molecule has 0 aliphatic heterocycles. The molecule has 0 atom stereocenters. The van der Waals surface area contributed by atoms with Crippen LogP contribution in [0.5, 0.6) is 11.5 Å². The van der Waals surface area contributed by atoms with Gasteiger partial charge in [-0.1, -0.05) is 6.07 Å². The molecular weight excluding hydrogens is 346 g/mol. The highest BCUT2D eigenvalue weighted by Gasteiger charge is 2.16. The minimum absolute atomic E-state index is 0.448. The molecule has 0 radical (unpaired) electrons. The normalized spacial score (nSPS) is 10.1. The van der Waals surface area contributed by atoms with E-state index in [1.165, 1.54) is 0 Å². The lowest BCUT2D eigenvalue weighted by Crippen LogP contribution is -2.29. The largest absolute Gasteiger partial charge is 0.490 e. The van der Waals surface area contributed by atoms with Crippen LogP contribution < -0.4 is 25.0 Å². The number of carbonyl (C=O) groups excluding carboxylic acids is 2. The summed E-state index contributed by atoms with van der Waals surface area (Å²) >= 11 is 0. The number of nitrogens with one attached hydrogen (secondary N) is 2. The number of carbonyl (C=O) groups is 2. The van der Waals surface area contributed by atoms with Crippen molar-refractivity contribution in [3.8, 4) is 11.5 Å². The fourth-order valence-corrected chi connectivity index (χ4v) is 2.37. The zero-order valence-corrected chi connectivity index (χ0v) is 16.0. The van der Waals surface area contributed by atoms with Crippen LogP contribution in [0.3, 0.4) is 0 Å². The Morgan fingerprint density at radius 3 is 2.04 bits per heavy atom. The lowest BCUT2D eigenvalue weighted by atomic mass is 10.2. The average Bonchev–Trinajstić information content (AvgIpc) is 2.64. The summed E-state index contributed by atoms with van der Waals surface area (Å²) in [5.74, 6) is -0.423. The first-order chi connectivity index (χ1) is 12.9. The van der Waals surface area contributed by atoms with Crippen LogP contribution in [-0.2, 0) is 9.59 Å². The van der Waals surface area contributed by atoms with Crippen LogP contribution in [0.2, 0.25) is 0 Å². The summed E-state index contributed by atoms with van der Waals surface area (Å²) in [5.41, 5.74) is 1.91. The maximum Gasteiger partial charge on any atom is 0.314 e. The molecule has 0 unspecified atom stereocenters. The third-order valence-electron chi connectivity index (χ3n) is 3.63. The maximum absolute atomic E-state index is 12.2. The molecule has 0 aliphatic carbocycles. The van der Waals surface area contributed by atoms with Crippen LogP contribution in [0.1, 0.15) is 13.8 Å². The van der Waals surface area contributed by atoms with Gasteiger partial charge in [-0.15, -0.1) is 0 Å². The van der Waals surface area contributed by atoms with E-state index in [0.29, 0.717) is 36.1 Å². The lowest BCUT2D eigenvalue weighted by Gasteiger charge is -2.14. The van der Waals surface area contributed by atoms with E-state index in [1.54, 1.807) is 30.3 Å². The molecule has 2 amide bonds.